The van der Waals surface area contributed by atoms with E-state index in [1.165, 1.54) is 12.1 Å². The van der Waals surface area contributed by atoms with Crippen LogP contribution in [-0.2, 0) is 11.8 Å². The van der Waals surface area contributed by atoms with Gasteiger partial charge in [-0.25, -0.2) is 9.37 Å². The minimum absolute atomic E-state index is 0.0864. The van der Waals surface area contributed by atoms with Gasteiger partial charge in [0.15, 0.2) is 0 Å². The van der Waals surface area contributed by atoms with Crippen molar-refractivity contribution >= 4 is 11.3 Å². The first-order chi connectivity index (χ1) is 9.90. The monoisotopic (exact) mass is 306 g/mol. The lowest BCUT2D eigenvalue weighted by atomic mass is 9.93. The average Bonchev–Trinajstić information content (AvgIpc) is 2.88. The van der Waals surface area contributed by atoms with Crippen LogP contribution in [0.25, 0.3) is 0 Å². The number of halogens is 1. The van der Waals surface area contributed by atoms with Crippen LogP contribution in [0.5, 0.6) is 0 Å². The summed E-state index contributed by atoms with van der Waals surface area (Å²) in [6.07, 6.45) is 0.882. The number of hydrogen-bond donors (Lipinski definition) is 1. The van der Waals surface area contributed by atoms with Crippen LogP contribution in [0.2, 0.25) is 0 Å². The van der Waals surface area contributed by atoms with E-state index >= 15 is 0 Å². The van der Waals surface area contributed by atoms with Crippen molar-refractivity contribution in [2.24, 2.45) is 0 Å². The molecule has 2 rings (SSSR count). The maximum atomic E-state index is 13.1. The second-order valence-electron chi connectivity index (χ2n) is 6.39. The standard InChI is InChI=1S/C17H23FN2S/c1-17(2,3)15-11-21-16(20-15)9-13(10-19-4)12-5-7-14(18)8-6-12/h5-8,11,13,19H,9-10H2,1-4H3. The molecule has 1 heterocycles. The van der Waals surface area contributed by atoms with Crippen molar-refractivity contribution in [1.82, 2.24) is 10.3 Å². The Bertz CT molecular complexity index is 569. The Balaban J connectivity index is 2.16. The third-order valence-electron chi connectivity index (χ3n) is 3.53. The fourth-order valence-electron chi connectivity index (χ4n) is 2.25. The fraction of sp³-hybridized carbons (Fsp3) is 0.471. The van der Waals surface area contributed by atoms with Crippen molar-refractivity contribution in [2.75, 3.05) is 13.6 Å². The zero-order valence-corrected chi connectivity index (χ0v) is 13.9. The lowest BCUT2D eigenvalue weighted by Crippen LogP contribution is -2.19. The molecule has 21 heavy (non-hydrogen) atoms. The predicted octanol–water partition coefficient (Wildman–Crippen LogP) is 4.13. The van der Waals surface area contributed by atoms with Gasteiger partial charge in [0.25, 0.3) is 0 Å². The molecule has 0 amide bonds. The Labute approximate surface area is 130 Å². The molecule has 0 spiro atoms. The van der Waals surface area contributed by atoms with E-state index in [2.05, 4.69) is 31.5 Å². The lowest BCUT2D eigenvalue weighted by molar-refractivity contribution is 0.566. The van der Waals surface area contributed by atoms with Crippen molar-refractivity contribution in [1.29, 1.82) is 0 Å². The van der Waals surface area contributed by atoms with Gasteiger partial charge in [-0.05, 0) is 24.7 Å². The molecule has 0 aliphatic rings. The molecule has 2 nitrogen and oxygen atoms in total. The van der Waals surface area contributed by atoms with E-state index in [0.717, 1.165) is 29.2 Å². The fourth-order valence-corrected chi connectivity index (χ4v) is 3.35. The molecule has 0 fully saturated rings. The van der Waals surface area contributed by atoms with Gasteiger partial charge >= 0.3 is 0 Å². The predicted molar refractivity (Wildman–Crippen MR) is 87.6 cm³/mol. The van der Waals surface area contributed by atoms with Crippen LogP contribution in [0, 0.1) is 5.82 Å². The first-order valence-electron chi connectivity index (χ1n) is 7.25. The summed E-state index contributed by atoms with van der Waals surface area (Å²) in [4.78, 5) is 4.76. The normalized spacial score (nSPS) is 13.4. The van der Waals surface area contributed by atoms with Gasteiger partial charge in [-0.2, -0.15) is 0 Å². The molecular formula is C17H23FN2S. The highest BCUT2D eigenvalue weighted by molar-refractivity contribution is 7.09. The number of thiazole rings is 1. The molecule has 0 radical (unpaired) electrons. The van der Waals surface area contributed by atoms with Gasteiger partial charge in [0.05, 0.1) is 10.7 Å². The molecule has 4 heteroatoms. The second-order valence-corrected chi connectivity index (χ2v) is 7.33. The summed E-state index contributed by atoms with van der Waals surface area (Å²) in [6, 6.07) is 6.80. The van der Waals surface area contributed by atoms with Gasteiger partial charge < -0.3 is 5.32 Å². The van der Waals surface area contributed by atoms with Crippen LogP contribution < -0.4 is 5.32 Å². The molecule has 1 unspecified atom stereocenters. The Morgan fingerprint density at radius 1 is 1.24 bits per heavy atom. The average molecular weight is 306 g/mol. The molecule has 2 aromatic rings. The first-order valence-corrected chi connectivity index (χ1v) is 8.13. The van der Waals surface area contributed by atoms with Crippen molar-refractivity contribution in [3.05, 3.63) is 51.7 Å². The largest absolute Gasteiger partial charge is 0.319 e. The van der Waals surface area contributed by atoms with Crippen LogP contribution in [0.1, 0.15) is 43.0 Å². The number of benzene rings is 1. The minimum atomic E-state index is -0.189. The van der Waals surface area contributed by atoms with E-state index in [1.54, 1.807) is 11.3 Å². The molecule has 0 aliphatic heterocycles. The van der Waals surface area contributed by atoms with Crippen LogP contribution in [0.15, 0.2) is 29.6 Å². The lowest BCUT2D eigenvalue weighted by Gasteiger charge is -2.16. The number of nitrogens with one attached hydrogen (secondary N) is 1. The molecule has 0 saturated carbocycles. The first kappa shape index (κ1) is 16.1. The van der Waals surface area contributed by atoms with E-state index in [0.29, 0.717) is 5.92 Å². The summed E-state index contributed by atoms with van der Waals surface area (Å²) in [5.74, 6) is 0.126. The van der Waals surface area contributed by atoms with Crippen LogP contribution in [0.4, 0.5) is 4.39 Å². The van der Waals surface area contributed by atoms with Crippen molar-refractivity contribution in [2.45, 2.75) is 38.5 Å². The number of aromatic nitrogens is 1. The maximum Gasteiger partial charge on any atom is 0.123 e. The van der Waals surface area contributed by atoms with Gasteiger partial charge in [0, 0.05) is 29.7 Å². The van der Waals surface area contributed by atoms with Gasteiger partial charge in [0.2, 0.25) is 0 Å². The molecule has 0 bridgehead atoms. The maximum absolute atomic E-state index is 13.1. The van der Waals surface area contributed by atoms with Gasteiger partial charge in [-0.15, -0.1) is 11.3 Å². The number of hydrogen-bond acceptors (Lipinski definition) is 3. The summed E-state index contributed by atoms with van der Waals surface area (Å²) in [7, 11) is 1.94. The number of nitrogens with zero attached hydrogens (tertiary/aromatic N) is 1. The molecule has 114 valence electrons. The Hall–Kier alpha value is -1.26. The van der Waals surface area contributed by atoms with Crippen molar-refractivity contribution in [3.8, 4) is 0 Å². The van der Waals surface area contributed by atoms with Gasteiger partial charge in [-0.1, -0.05) is 32.9 Å². The topological polar surface area (TPSA) is 24.9 Å². The van der Waals surface area contributed by atoms with Crippen molar-refractivity contribution in [3.63, 3.8) is 0 Å². The Kier molecular flexibility index (Phi) is 5.12. The summed E-state index contributed by atoms with van der Waals surface area (Å²) >= 11 is 1.72. The van der Waals surface area contributed by atoms with Crippen LogP contribution >= 0.6 is 11.3 Å². The number of likely N-dealkylation sites (N-methyl/N-ethyl adjacent to an activating group) is 1. The van der Waals surface area contributed by atoms with E-state index in [9.17, 15) is 4.39 Å². The van der Waals surface area contributed by atoms with E-state index in [4.69, 9.17) is 4.98 Å². The van der Waals surface area contributed by atoms with E-state index < -0.39 is 0 Å². The Morgan fingerprint density at radius 2 is 1.90 bits per heavy atom. The second kappa shape index (κ2) is 6.67. The Morgan fingerprint density at radius 3 is 2.43 bits per heavy atom. The molecule has 0 saturated heterocycles. The SMILES string of the molecule is CNCC(Cc1nc(C(C)(C)C)cs1)c1ccc(F)cc1. The summed E-state index contributed by atoms with van der Waals surface area (Å²) in [5.41, 5.74) is 2.38. The summed E-state index contributed by atoms with van der Waals surface area (Å²) in [5, 5.41) is 6.51. The molecule has 1 aromatic heterocycles. The minimum Gasteiger partial charge on any atom is -0.319 e. The van der Waals surface area contributed by atoms with Crippen LogP contribution in [0.3, 0.4) is 0 Å². The highest BCUT2D eigenvalue weighted by Crippen LogP contribution is 2.27. The number of rotatable bonds is 5. The van der Waals surface area contributed by atoms with Gasteiger partial charge in [0.1, 0.15) is 5.82 Å². The quantitative estimate of drug-likeness (QED) is 0.898. The summed E-state index contributed by atoms with van der Waals surface area (Å²) in [6.45, 7) is 7.39. The molecule has 1 atom stereocenters. The van der Waals surface area contributed by atoms with E-state index in [-0.39, 0.29) is 11.2 Å². The van der Waals surface area contributed by atoms with E-state index in [1.807, 2.05) is 19.2 Å². The highest BCUT2D eigenvalue weighted by Gasteiger charge is 2.19. The molecule has 0 aliphatic carbocycles. The molecule has 1 N–H and O–H groups in total. The van der Waals surface area contributed by atoms with Crippen LogP contribution in [-0.4, -0.2) is 18.6 Å². The third kappa shape index (κ3) is 4.35. The van der Waals surface area contributed by atoms with Gasteiger partial charge in [-0.3, -0.25) is 0 Å². The molecule has 1 aromatic carbocycles. The zero-order chi connectivity index (χ0) is 15.5. The zero-order valence-electron chi connectivity index (χ0n) is 13.1. The summed E-state index contributed by atoms with van der Waals surface area (Å²) < 4.78 is 13.1. The van der Waals surface area contributed by atoms with Crippen molar-refractivity contribution < 1.29 is 4.39 Å². The highest BCUT2D eigenvalue weighted by atomic mass is 32.1. The third-order valence-corrected chi connectivity index (χ3v) is 4.40. The smallest absolute Gasteiger partial charge is 0.123 e. The molecular weight excluding hydrogens is 283 g/mol.